The Morgan fingerprint density at radius 2 is 2.25 bits per heavy atom. The summed E-state index contributed by atoms with van der Waals surface area (Å²) >= 11 is 0. The second kappa shape index (κ2) is 6.59. The van der Waals surface area contributed by atoms with Gasteiger partial charge in [-0.3, -0.25) is 4.90 Å². The van der Waals surface area contributed by atoms with Gasteiger partial charge in [0.1, 0.15) is 5.75 Å². The topological polar surface area (TPSA) is 38.5 Å². The van der Waals surface area contributed by atoms with Gasteiger partial charge in [0.2, 0.25) is 0 Å². The lowest BCUT2D eigenvalue weighted by atomic mass is 9.87. The highest BCUT2D eigenvalue weighted by atomic mass is 16.5. The lowest BCUT2D eigenvalue weighted by molar-refractivity contribution is 0.0641. The maximum absolute atomic E-state index is 6.13. The summed E-state index contributed by atoms with van der Waals surface area (Å²) in [7, 11) is 1.72. The fourth-order valence-corrected chi connectivity index (χ4v) is 3.21. The molecule has 2 N–H and O–H groups in total. The summed E-state index contributed by atoms with van der Waals surface area (Å²) < 4.78 is 5.32. The van der Waals surface area contributed by atoms with Crippen LogP contribution in [0.15, 0.2) is 24.3 Å². The number of methoxy groups -OCH3 is 1. The summed E-state index contributed by atoms with van der Waals surface area (Å²) in [6.45, 7) is 7.66. The van der Waals surface area contributed by atoms with E-state index in [0.29, 0.717) is 6.54 Å². The van der Waals surface area contributed by atoms with Crippen molar-refractivity contribution in [2.45, 2.75) is 38.6 Å². The second-order valence-corrected chi connectivity index (χ2v) is 6.42. The van der Waals surface area contributed by atoms with E-state index in [-0.39, 0.29) is 5.54 Å². The Balaban J connectivity index is 2.13. The van der Waals surface area contributed by atoms with E-state index in [4.69, 9.17) is 10.5 Å². The van der Waals surface area contributed by atoms with Crippen LogP contribution in [-0.4, -0.2) is 37.2 Å². The first-order chi connectivity index (χ1) is 9.57. The van der Waals surface area contributed by atoms with Crippen molar-refractivity contribution in [3.8, 4) is 5.75 Å². The number of likely N-dealkylation sites (tertiary alicyclic amines) is 1. The minimum Gasteiger partial charge on any atom is -0.497 e. The van der Waals surface area contributed by atoms with Gasteiger partial charge in [0.15, 0.2) is 0 Å². The third kappa shape index (κ3) is 3.53. The number of benzene rings is 1. The summed E-state index contributed by atoms with van der Waals surface area (Å²) in [4.78, 5) is 2.58. The molecule has 0 spiro atoms. The van der Waals surface area contributed by atoms with E-state index in [1.165, 1.54) is 24.9 Å². The molecule has 0 amide bonds. The van der Waals surface area contributed by atoms with Crippen molar-refractivity contribution in [2.24, 2.45) is 11.7 Å². The zero-order valence-corrected chi connectivity index (χ0v) is 13.1. The zero-order valence-electron chi connectivity index (χ0n) is 13.1. The normalized spacial score (nSPS) is 23.3. The average Bonchev–Trinajstić information content (AvgIpc) is 2.47. The first kappa shape index (κ1) is 15.3. The third-order valence-electron chi connectivity index (χ3n) is 4.58. The van der Waals surface area contributed by atoms with Crippen LogP contribution in [0.25, 0.3) is 0 Å². The van der Waals surface area contributed by atoms with E-state index in [1.54, 1.807) is 7.11 Å². The fourth-order valence-electron chi connectivity index (χ4n) is 3.21. The van der Waals surface area contributed by atoms with Crippen LogP contribution in [0.2, 0.25) is 0 Å². The van der Waals surface area contributed by atoms with Gasteiger partial charge in [-0.05, 0) is 56.3 Å². The molecule has 2 unspecified atom stereocenters. The Bertz CT molecular complexity index is 435. The van der Waals surface area contributed by atoms with Crippen LogP contribution in [0.5, 0.6) is 5.75 Å². The van der Waals surface area contributed by atoms with Crippen LogP contribution in [0, 0.1) is 5.92 Å². The van der Waals surface area contributed by atoms with Gasteiger partial charge in [-0.25, -0.2) is 0 Å². The summed E-state index contributed by atoms with van der Waals surface area (Å²) in [5, 5.41) is 0. The van der Waals surface area contributed by atoms with E-state index in [2.05, 4.69) is 36.9 Å². The number of hydrogen-bond acceptors (Lipinski definition) is 3. The van der Waals surface area contributed by atoms with Crippen molar-refractivity contribution in [1.29, 1.82) is 0 Å². The van der Waals surface area contributed by atoms with Gasteiger partial charge in [-0.1, -0.05) is 19.1 Å². The maximum Gasteiger partial charge on any atom is 0.119 e. The van der Waals surface area contributed by atoms with E-state index >= 15 is 0 Å². The molecule has 0 saturated carbocycles. The predicted molar refractivity (Wildman–Crippen MR) is 84.1 cm³/mol. The van der Waals surface area contributed by atoms with Crippen molar-refractivity contribution in [3.05, 3.63) is 29.8 Å². The molecule has 0 bridgehead atoms. The van der Waals surface area contributed by atoms with Gasteiger partial charge in [0, 0.05) is 18.6 Å². The molecule has 3 nitrogen and oxygen atoms in total. The molecule has 2 atom stereocenters. The molecule has 20 heavy (non-hydrogen) atoms. The van der Waals surface area contributed by atoms with Crippen molar-refractivity contribution in [2.75, 3.05) is 26.7 Å². The van der Waals surface area contributed by atoms with E-state index < -0.39 is 0 Å². The molecule has 1 heterocycles. The highest BCUT2D eigenvalue weighted by Crippen LogP contribution is 2.27. The lowest BCUT2D eigenvalue weighted by Crippen LogP contribution is -2.56. The Kier molecular flexibility index (Phi) is 5.06. The van der Waals surface area contributed by atoms with Gasteiger partial charge >= 0.3 is 0 Å². The number of rotatable bonds is 5. The van der Waals surface area contributed by atoms with E-state index in [9.17, 15) is 0 Å². The summed E-state index contributed by atoms with van der Waals surface area (Å²) in [5.74, 6) is 1.70. The van der Waals surface area contributed by atoms with Crippen LogP contribution >= 0.6 is 0 Å². The van der Waals surface area contributed by atoms with Crippen molar-refractivity contribution < 1.29 is 4.74 Å². The standard InChI is InChI=1S/C17H28N2O/c1-14-6-5-9-19(12-14)17(2,13-18)11-15-7-4-8-16(10-15)20-3/h4,7-8,10,14H,5-6,9,11-13,18H2,1-3H3. The van der Waals surface area contributed by atoms with Crippen LogP contribution in [0.4, 0.5) is 0 Å². The number of nitrogens with two attached hydrogens (primary N) is 1. The predicted octanol–water partition coefficient (Wildman–Crippen LogP) is 2.69. The molecule has 1 aromatic rings. The van der Waals surface area contributed by atoms with Gasteiger partial charge < -0.3 is 10.5 Å². The molecule has 3 heteroatoms. The lowest BCUT2D eigenvalue weighted by Gasteiger charge is -2.45. The van der Waals surface area contributed by atoms with Crippen LogP contribution in [0.3, 0.4) is 0 Å². The summed E-state index contributed by atoms with van der Waals surface area (Å²) in [6, 6.07) is 8.35. The average molecular weight is 276 g/mol. The Hall–Kier alpha value is -1.06. The molecule has 0 radical (unpaired) electrons. The third-order valence-corrected chi connectivity index (χ3v) is 4.58. The van der Waals surface area contributed by atoms with E-state index in [0.717, 1.165) is 24.6 Å². The highest BCUT2D eigenvalue weighted by Gasteiger charge is 2.33. The Labute approximate surface area is 123 Å². The molecule has 112 valence electrons. The van der Waals surface area contributed by atoms with Crippen molar-refractivity contribution in [3.63, 3.8) is 0 Å². The Morgan fingerprint density at radius 1 is 1.45 bits per heavy atom. The summed E-state index contributed by atoms with van der Waals surface area (Å²) in [6.07, 6.45) is 3.61. The minimum absolute atomic E-state index is 0.0427. The second-order valence-electron chi connectivity index (χ2n) is 6.42. The van der Waals surface area contributed by atoms with Crippen molar-refractivity contribution in [1.82, 2.24) is 4.90 Å². The van der Waals surface area contributed by atoms with Crippen LogP contribution < -0.4 is 10.5 Å². The first-order valence-electron chi connectivity index (χ1n) is 7.65. The quantitative estimate of drug-likeness (QED) is 0.898. The fraction of sp³-hybridized carbons (Fsp3) is 0.647. The molecule has 1 aliphatic rings. The number of ether oxygens (including phenoxy) is 1. The minimum atomic E-state index is 0.0427. The number of nitrogens with zero attached hydrogens (tertiary/aromatic N) is 1. The molecular formula is C17H28N2O. The molecule has 0 aromatic heterocycles. The summed E-state index contributed by atoms with van der Waals surface area (Å²) in [5.41, 5.74) is 7.47. The number of hydrogen-bond donors (Lipinski definition) is 1. The molecular weight excluding hydrogens is 248 g/mol. The number of piperidine rings is 1. The van der Waals surface area contributed by atoms with Gasteiger partial charge in [-0.2, -0.15) is 0 Å². The van der Waals surface area contributed by atoms with Gasteiger partial charge in [-0.15, -0.1) is 0 Å². The molecule has 0 aliphatic carbocycles. The SMILES string of the molecule is COc1cccc(CC(C)(CN)N2CCCC(C)C2)c1. The largest absolute Gasteiger partial charge is 0.497 e. The monoisotopic (exact) mass is 276 g/mol. The molecule has 1 saturated heterocycles. The van der Waals surface area contributed by atoms with Crippen LogP contribution in [-0.2, 0) is 6.42 Å². The molecule has 1 fully saturated rings. The van der Waals surface area contributed by atoms with Crippen LogP contribution in [0.1, 0.15) is 32.3 Å². The van der Waals surface area contributed by atoms with Crippen molar-refractivity contribution >= 4 is 0 Å². The smallest absolute Gasteiger partial charge is 0.119 e. The first-order valence-corrected chi connectivity index (χ1v) is 7.65. The highest BCUT2D eigenvalue weighted by molar-refractivity contribution is 5.29. The molecule has 2 rings (SSSR count). The maximum atomic E-state index is 6.13. The molecule has 1 aromatic carbocycles. The molecule has 1 aliphatic heterocycles. The van der Waals surface area contributed by atoms with E-state index in [1.807, 2.05) is 6.07 Å². The zero-order chi connectivity index (χ0) is 14.6. The van der Waals surface area contributed by atoms with Gasteiger partial charge in [0.05, 0.1) is 7.11 Å². The van der Waals surface area contributed by atoms with Gasteiger partial charge in [0.25, 0.3) is 0 Å². The Morgan fingerprint density at radius 3 is 2.90 bits per heavy atom.